The van der Waals surface area contributed by atoms with E-state index in [1.54, 1.807) is 56.6 Å². The summed E-state index contributed by atoms with van der Waals surface area (Å²) >= 11 is 1.52. The molecule has 1 atom stereocenters. The van der Waals surface area contributed by atoms with E-state index in [2.05, 4.69) is 5.32 Å². The number of thiophene rings is 1. The highest BCUT2D eigenvalue weighted by Gasteiger charge is 2.36. The fraction of sp³-hybridized carbons (Fsp3) is 0.379. The number of rotatable bonds is 10. The Balaban J connectivity index is 1.83. The van der Waals surface area contributed by atoms with Gasteiger partial charge in [-0.2, -0.15) is 0 Å². The van der Waals surface area contributed by atoms with Gasteiger partial charge in [-0.3, -0.25) is 14.5 Å². The lowest BCUT2D eigenvalue weighted by molar-refractivity contribution is -0.127. The van der Waals surface area contributed by atoms with Gasteiger partial charge in [0.15, 0.2) is 11.5 Å². The van der Waals surface area contributed by atoms with Gasteiger partial charge in [-0.25, -0.2) is 0 Å². The molecule has 1 aliphatic carbocycles. The van der Waals surface area contributed by atoms with Crippen molar-refractivity contribution in [2.24, 2.45) is 0 Å². The highest BCUT2D eigenvalue weighted by atomic mass is 32.1. The molecule has 1 fully saturated rings. The summed E-state index contributed by atoms with van der Waals surface area (Å²) in [6.45, 7) is 0. The second-order valence-corrected chi connectivity index (χ2v) is 10.1. The van der Waals surface area contributed by atoms with Gasteiger partial charge in [0.25, 0.3) is 0 Å². The number of benzene rings is 2. The first-order valence-corrected chi connectivity index (χ1v) is 13.4. The smallest absolute Gasteiger partial charge is 0.248 e. The lowest BCUT2D eigenvalue weighted by atomic mass is 9.94. The number of nitrogens with one attached hydrogen (secondary N) is 1. The van der Waals surface area contributed by atoms with E-state index in [9.17, 15) is 9.59 Å². The molecule has 37 heavy (non-hydrogen) atoms. The molecule has 0 aliphatic heterocycles. The van der Waals surface area contributed by atoms with Crippen molar-refractivity contribution in [1.82, 2.24) is 5.32 Å². The van der Waals surface area contributed by atoms with Crippen LogP contribution in [-0.2, 0) is 16.0 Å². The standard InChI is InChI=1S/C29H34N2O5S/c1-34-22-16-14-21(15-17-22)31(26(32)19-23-11-8-18-37-23)27(29(33)30-20-9-5-4-6-10-20)24-12-7-13-25(35-2)28(24)36-3/h7-8,11-18,20,27H,4-6,9-10,19H2,1-3H3,(H,30,33)/t27-/m0/s1. The van der Waals surface area contributed by atoms with Crippen molar-refractivity contribution in [3.05, 3.63) is 70.4 Å². The van der Waals surface area contributed by atoms with Crippen LogP contribution in [0.15, 0.2) is 60.0 Å². The maximum atomic E-state index is 14.1. The molecule has 0 unspecified atom stereocenters. The van der Waals surface area contributed by atoms with Crippen molar-refractivity contribution in [2.75, 3.05) is 26.2 Å². The molecule has 1 saturated carbocycles. The fourth-order valence-corrected chi connectivity index (χ4v) is 5.58. The van der Waals surface area contributed by atoms with E-state index in [0.29, 0.717) is 28.5 Å². The molecule has 1 N–H and O–H groups in total. The number of nitrogens with zero attached hydrogens (tertiary/aromatic N) is 1. The summed E-state index contributed by atoms with van der Waals surface area (Å²) in [5, 5.41) is 5.18. The fourth-order valence-electron chi connectivity index (χ4n) is 4.88. The maximum absolute atomic E-state index is 14.1. The minimum Gasteiger partial charge on any atom is -0.497 e. The molecule has 3 aromatic rings. The number of carbonyl (C=O) groups is 2. The third kappa shape index (κ3) is 6.25. The predicted molar refractivity (Wildman–Crippen MR) is 146 cm³/mol. The molecule has 1 heterocycles. The van der Waals surface area contributed by atoms with Crippen LogP contribution in [0.2, 0.25) is 0 Å². The molecule has 196 valence electrons. The summed E-state index contributed by atoms with van der Waals surface area (Å²) in [5.74, 6) is 1.15. The zero-order valence-corrected chi connectivity index (χ0v) is 22.4. The van der Waals surface area contributed by atoms with Gasteiger partial charge in [-0.1, -0.05) is 37.5 Å². The van der Waals surface area contributed by atoms with Crippen LogP contribution < -0.4 is 24.4 Å². The second kappa shape index (κ2) is 12.6. The summed E-state index contributed by atoms with van der Waals surface area (Å²) in [6, 6.07) is 15.6. The largest absolute Gasteiger partial charge is 0.497 e. The Morgan fingerprint density at radius 1 is 0.946 bits per heavy atom. The van der Waals surface area contributed by atoms with Gasteiger partial charge in [0.05, 0.1) is 27.8 Å². The van der Waals surface area contributed by atoms with E-state index in [0.717, 1.165) is 30.6 Å². The molecule has 0 spiro atoms. The molecular weight excluding hydrogens is 488 g/mol. The van der Waals surface area contributed by atoms with E-state index < -0.39 is 6.04 Å². The lowest BCUT2D eigenvalue weighted by Gasteiger charge is -2.34. The average molecular weight is 523 g/mol. The minimum absolute atomic E-state index is 0.0745. The summed E-state index contributed by atoms with van der Waals surface area (Å²) in [7, 11) is 4.70. The molecule has 1 aromatic heterocycles. The molecule has 0 bridgehead atoms. The Morgan fingerprint density at radius 2 is 1.70 bits per heavy atom. The highest BCUT2D eigenvalue weighted by Crippen LogP contribution is 2.40. The highest BCUT2D eigenvalue weighted by molar-refractivity contribution is 7.10. The third-order valence-electron chi connectivity index (χ3n) is 6.71. The number of para-hydroxylation sites is 1. The zero-order valence-electron chi connectivity index (χ0n) is 21.6. The van der Waals surface area contributed by atoms with Crippen molar-refractivity contribution in [3.63, 3.8) is 0 Å². The summed E-state index contributed by atoms with van der Waals surface area (Å²) < 4.78 is 16.6. The van der Waals surface area contributed by atoms with Crippen LogP contribution in [0.3, 0.4) is 0 Å². The van der Waals surface area contributed by atoms with Crippen molar-refractivity contribution < 1.29 is 23.8 Å². The van der Waals surface area contributed by atoms with E-state index >= 15 is 0 Å². The molecule has 1 aliphatic rings. The van der Waals surface area contributed by atoms with E-state index in [1.807, 2.05) is 29.6 Å². The van der Waals surface area contributed by atoms with Crippen molar-refractivity contribution in [1.29, 1.82) is 0 Å². The molecule has 0 saturated heterocycles. The van der Waals surface area contributed by atoms with Gasteiger partial charge in [0.1, 0.15) is 11.8 Å². The van der Waals surface area contributed by atoms with Gasteiger partial charge in [-0.05, 0) is 54.6 Å². The van der Waals surface area contributed by atoms with Crippen LogP contribution in [0.4, 0.5) is 5.69 Å². The van der Waals surface area contributed by atoms with Crippen LogP contribution in [-0.4, -0.2) is 39.2 Å². The van der Waals surface area contributed by atoms with Gasteiger partial charge < -0.3 is 19.5 Å². The van der Waals surface area contributed by atoms with Crippen LogP contribution in [0.5, 0.6) is 17.2 Å². The normalized spacial score (nSPS) is 14.5. The number of amides is 2. The van der Waals surface area contributed by atoms with Gasteiger partial charge in [0, 0.05) is 22.2 Å². The number of methoxy groups -OCH3 is 3. The number of hydrogen-bond donors (Lipinski definition) is 1. The summed E-state index contributed by atoms with van der Waals surface area (Å²) in [6.07, 6.45) is 5.37. The van der Waals surface area contributed by atoms with Gasteiger partial charge in [0.2, 0.25) is 11.8 Å². The molecular formula is C29H34N2O5S. The van der Waals surface area contributed by atoms with Crippen LogP contribution in [0, 0.1) is 0 Å². The molecule has 0 radical (unpaired) electrons. The number of hydrogen-bond acceptors (Lipinski definition) is 6. The molecule has 7 nitrogen and oxygen atoms in total. The Kier molecular flexibility index (Phi) is 9.06. The maximum Gasteiger partial charge on any atom is 0.248 e. The van der Waals surface area contributed by atoms with Gasteiger partial charge >= 0.3 is 0 Å². The van der Waals surface area contributed by atoms with Crippen LogP contribution in [0.25, 0.3) is 0 Å². The first-order valence-electron chi connectivity index (χ1n) is 12.6. The number of anilines is 1. The molecule has 4 rings (SSSR count). The topological polar surface area (TPSA) is 77.1 Å². The van der Waals surface area contributed by atoms with Crippen LogP contribution >= 0.6 is 11.3 Å². The Morgan fingerprint density at radius 3 is 2.32 bits per heavy atom. The monoisotopic (exact) mass is 522 g/mol. The Hall–Kier alpha value is -3.52. The number of carbonyl (C=O) groups excluding carboxylic acids is 2. The molecule has 2 aromatic carbocycles. The Labute approximate surface area is 222 Å². The first kappa shape index (κ1) is 26.5. The van der Waals surface area contributed by atoms with E-state index in [1.165, 1.54) is 17.8 Å². The minimum atomic E-state index is -0.965. The van der Waals surface area contributed by atoms with E-state index in [4.69, 9.17) is 14.2 Å². The Bertz CT molecular complexity index is 1170. The lowest BCUT2D eigenvalue weighted by Crippen LogP contribution is -2.47. The quantitative estimate of drug-likeness (QED) is 0.378. The average Bonchev–Trinajstić information content (AvgIpc) is 3.44. The zero-order chi connectivity index (χ0) is 26.2. The van der Waals surface area contributed by atoms with E-state index in [-0.39, 0.29) is 24.3 Å². The number of ether oxygens (including phenoxy) is 3. The SMILES string of the molecule is COc1ccc(N(C(=O)Cc2cccs2)[C@H](C(=O)NC2CCCCC2)c2cccc(OC)c2OC)cc1. The van der Waals surface area contributed by atoms with Crippen molar-refractivity contribution in [3.8, 4) is 17.2 Å². The second-order valence-electron chi connectivity index (χ2n) is 9.05. The summed E-state index contributed by atoms with van der Waals surface area (Å²) in [4.78, 5) is 30.6. The summed E-state index contributed by atoms with van der Waals surface area (Å²) in [5.41, 5.74) is 1.15. The van der Waals surface area contributed by atoms with Crippen LogP contribution in [0.1, 0.15) is 48.6 Å². The predicted octanol–water partition coefficient (Wildman–Crippen LogP) is 5.54. The molecule has 2 amide bonds. The first-order chi connectivity index (χ1) is 18.0. The third-order valence-corrected chi connectivity index (χ3v) is 7.59. The van der Waals surface area contributed by atoms with Crippen molar-refractivity contribution in [2.45, 2.75) is 50.6 Å². The molecule has 8 heteroatoms. The van der Waals surface area contributed by atoms with Crippen molar-refractivity contribution >= 4 is 28.8 Å². The van der Waals surface area contributed by atoms with Gasteiger partial charge in [-0.15, -0.1) is 11.3 Å².